The number of hydrogen-bond donors (Lipinski definition) is 1. The third-order valence-corrected chi connectivity index (χ3v) is 4.07. The van der Waals surface area contributed by atoms with Gasteiger partial charge >= 0.3 is 0 Å². The highest BCUT2D eigenvalue weighted by molar-refractivity contribution is 5.82. The van der Waals surface area contributed by atoms with Gasteiger partial charge in [0.1, 0.15) is 6.54 Å². The van der Waals surface area contributed by atoms with E-state index >= 15 is 0 Å². The van der Waals surface area contributed by atoms with Crippen LogP contribution in [0.1, 0.15) is 32.4 Å². The summed E-state index contributed by atoms with van der Waals surface area (Å²) in [6.45, 7) is 6.51. The molecule has 2 aromatic heterocycles. The average molecular weight is 325 g/mol. The van der Waals surface area contributed by atoms with E-state index in [2.05, 4.69) is 36.3 Å². The van der Waals surface area contributed by atoms with Crippen LogP contribution in [0.15, 0.2) is 42.9 Å². The number of aromatic nitrogens is 4. The minimum absolute atomic E-state index is 0.0624. The van der Waals surface area contributed by atoms with Crippen LogP contribution in [0.5, 0.6) is 0 Å². The van der Waals surface area contributed by atoms with E-state index in [4.69, 9.17) is 0 Å². The fraction of sp³-hybridized carbons (Fsp3) is 0.389. The lowest BCUT2D eigenvalue weighted by atomic mass is 9.83. The molecule has 0 spiro atoms. The zero-order valence-electron chi connectivity index (χ0n) is 14.5. The maximum absolute atomic E-state index is 12.6. The molecule has 126 valence electrons. The monoisotopic (exact) mass is 325 g/mol. The van der Waals surface area contributed by atoms with Crippen molar-refractivity contribution >= 4 is 16.8 Å². The van der Waals surface area contributed by atoms with Crippen LogP contribution in [-0.4, -0.2) is 25.5 Å². The summed E-state index contributed by atoms with van der Waals surface area (Å²) in [5.74, 6) is -0.0624. The molecule has 0 saturated heterocycles. The first kappa shape index (κ1) is 16.2. The molecule has 0 bridgehead atoms. The van der Waals surface area contributed by atoms with Crippen LogP contribution in [-0.2, 0) is 18.4 Å². The number of para-hydroxylation sites is 1. The summed E-state index contributed by atoms with van der Waals surface area (Å²) in [4.78, 5) is 12.6. The van der Waals surface area contributed by atoms with E-state index in [0.29, 0.717) is 0 Å². The summed E-state index contributed by atoms with van der Waals surface area (Å²) in [7, 11) is 1.88. The zero-order valence-corrected chi connectivity index (χ0v) is 14.5. The van der Waals surface area contributed by atoms with Gasteiger partial charge in [0.25, 0.3) is 0 Å². The summed E-state index contributed by atoms with van der Waals surface area (Å²) in [6, 6.07) is 7.77. The lowest BCUT2D eigenvalue weighted by Crippen LogP contribution is -2.38. The number of aryl methyl sites for hydroxylation is 1. The molecule has 1 N–H and O–H groups in total. The molecule has 24 heavy (non-hydrogen) atoms. The zero-order chi connectivity index (χ0) is 17.3. The van der Waals surface area contributed by atoms with Gasteiger partial charge in [0, 0.05) is 24.2 Å². The normalized spacial score (nSPS) is 13.2. The average Bonchev–Trinajstić information content (AvgIpc) is 3.11. The van der Waals surface area contributed by atoms with Crippen molar-refractivity contribution in [1.82, 2.24) is 24.9 Å². The van der Waals surface area contributed by atoms with Crippen LogP contribution < -0.4 is 5.32 Å². The molecule has 0 aliphatic rings. The van der Waals surface area contributed by atoms with Gasteiger partial charge < -0.3 is 5.32 Å². The van der Waals surface area contributed by atoms with Crippen molar-refractivity contribution in [3.63, 3.8) is 0 Å². The largest absolute Gasteiger partial charge is 0.347 e. The minimum Gasteiger partial charge on any atom is -0.347 e. The van der Waals surface area contributed by atoms with Crippen molar-refractivity contribution in [1.29, 1.82) is 0 Å². The molecular formula is C18H23N5O. The summed E-state index contributed by atoms with van der Waals surface area (Å²) in [6.07, 6.45) is 5.53. The Balaban J connectivity index is 1.79. The summed E-state index contributed by atoms with van der Waals surface area (Å²) in [5, 5.41) is 12.7. The van der Waals surface area contributed by atoms with Gasteiger partial charge in [-0.15, -0.1) is 0 Å². The Morgan fingerprint density at radius 2 is 1.96 bits per heavy atom. The van der Waals surface area contributed by atoms with E-state index in [-0.39, 0.29) is 23.9 Å². The van der Waals surface area contributed by atoms with Gasteiger partial charge in [-0.1, -0.05) is 39.0 Å². The molecule has 3 rings (SSSR count). The van der Waals surface area contributed by atoms with Gasteiger partial charge in [0.2, 0.25) is 5.91 Å². The SMILES string of the molecule is Cn1cc([C@H](NC(=O)Cn2ncc3ccccc32)C(C)(C)C)cn1. The topological polar surface area (TPSA) is 64.7 Å². The highest BCUT2D eigenvalue weighted by Crippen LogP contribution is 2.32. The number of hydrogen-bond acceptors (Lipinski definition) is 3. The van der Waals surface area contributed by atoms with Crippen molar-refractivity contribution in [3.8, 4) is 0 Å². The smallest absolute Gasteiger partial charge is 0.242 e. The lowest BCUT2D eigenvalue weighted by molar-refractivity contribution is -0.123. The molecular weight excluding hydrogens is 302 g/mol. The second-order valence-corrected chi connectivity index (χ2v) is 7.17. The molecule has 6 nitrogen and oxygen atoms in total. The van der Waals surface area contributed by atoms with Crippen molar-refractivity contribution in [2.75, 3.05) is 0 Å². The lowest BCUT2D eigenvalue weighted by Gasteiger charge is -2.30. The van der Waals surface area contributed by atoms with Crippen LogP contribution in [0, 0.1) is 5.41 Å². The first-order chi connectivity index (χ1) is 11.3. The Kier molecular flexibility index (Phi) is 4.13. The van der Waals surface area contributed by atoms with Gasteiger partial charge in [-0.05, 0) is 11.5 Å². The number of carbonyl (C=O) groups excluding carboxylic acids is 1. The summed E-state index contributed by atoms with van der Waals surface area (Å²) >= 11 is 0. The molecule has 6 heteroatoms. The number of nitrogens with zero attached hydrogens (tertiary/aromatic N) is 4. The predicted molar refractivity (Wildman–Crippen MR) is 93.3 cm³/mol. The Labute approximate surface area is 141 Å². The van der Waals surface area contributed by atoms with Crippen molar-refractivity contribution in [2.45, 2.75) is 33.4 Å². The standard InChI is InChI=1S/C18H23N5O/c1-18(2,3)17(14-10-19-22(4)11-14)21-16(24)12-23-15-8-6-5-7-13(15)9-20-23/h5-11,17H,12H2,1-4H3,(H,21,24)/t17-/m0/s1. The van der Waals surface area contributed by atoms with Gasteiger partial charge in [0.05, 0.1) is 24.0 Å². The number of amides is 1. The molecule has 1 atom stereocenters. The highest BCUT2D eigenvalue weighted by atomic mass is 16.2. The van der Waals surface area contributed by atoms with Crippen molar-refractivity contribution in [2.24, 2.45) is 12.5 Å². The van der Waals surface area contributed by atoms with Gasteiger partial charge in [-0.3, -0.25) is 14.2 Å². The molecule has 1 aromatic carbocycles. The first-order valence-corrected chi connectivity index (χ1v) is 8.03. The van der Waals surface area contributed by atoms with E-state index < -0.39 is 0 Å². The molecule has 0 unspecified atom stereocenters. The Morgan fingerprint density at radius 3 is 2.62 bits per heavy atom. The molecule has 0 aliphatic heterocycles. The highest BCUT2D eigenvalue weighted by Gasteiger charge is 2.29. The maximum atomic E-state index is 12.6. The number of carbonyl (C=O) groups is 1. The molecule has 0 radical (unpaired) electrons. The minimum atomic E-state index is -0.120. The molecule has 3 aromatic rings. The maximum Gasteiger partial charge on any atom is 0.242 e. The molecule has 0 saturated carbocycles. The fourth-order valence-corrected chi connectivity index (χ4v) is 2.88. The molecule has 2 heterocycles. The van der Waals surface area contributed by atoms with Gasteiger partial charge in [-0.2, -0.15) is 10.2 Å². The number of rotatable bonds is 4. The van der Waals surface area contributed by atoms with E-state index in [1.165, 1.54) is 0 Å². The number of fused-ring (bicyclic) bond motifs is 1. The Hall–Kier alpha value is -2.63. The van der Waals surface area contributed by atoms with Crippen LogP contribution >= 0.6 is 0 Å². The van der Waals surface area contributed by atoms with E-state index in [0.717, 1.165) is 16.5 Å². The van der Waals surface area contributed by atoms with E-state index in [1.54, 1.807) is 21.8 Å². The van der Waals surface area contributed by atoms with Crippen molar-refractivity contribution in [3.05, 3.63) is 48.4 Å². The van der Waals surface area contributed by atoms with Gasteiger partial charge in [0.15, 0.2) is 0 Å². The van der Waals surface area contributed by atoms with Crippen LogP contribution in [0.2, 0.25) is 0 Å². The summed E-state index contributed by atoms with van der Waals surface area (Å²) in [5.41, 5.74) is 1.84. The predicted octanol–water partition coefficient (Wildman–Crippen LogP) is 2.67. The van der Waals surface area contributed by atoms with Crippen LogP contribution in [0.4, 0.5) is 0 Å². The van der Waals surface area contributed by atoms with Crippen LogP contribution in [0.25, 0.3) is 10.9 Å². The third kappa shape index (κ3) is 3.32. The van der Waals surface area contributed by atoms with Gasteiger partial charge in [-0.25, -0.2) is 0 Å². The molecule has 1 amide bonds. The Bertz CT molecular complexity index is 856. The first-order valence-electron chi connectivity index (χ1n) is 8.03. The summed E-state index contributed by atoms with van der Waals surface area (Å²) < 4.78 is 3.48. The quantitative estimate of drug-likeness (QED) is 0.802. The van der Waals surface area contributed by atoms with Crippen LogP contribution in [0.3, 0.4) is 0 Å². The Morgan fingerprint density at radius 1 is 1.21 bits per heavy atom. The molecule has 0 aliphatic carbocycles. The van der Waals surface area contributed by atoms with Crippen molar-refractivity contribution < 1.29 is 4.79 Å². The second-order valence-electron chi connectivity index (χ2n) is 7.17. The molecule has 0 fully saturated rings. The fourth-order valence-electron chi connectivity index (χ4n) is 2.88. The number of benzene rings is 1. The van der Waals surface area contributed by atoms with E-state index in [1.807, 2.05) is 37.5 Å². The number of nitrogens with one attached hydrogen (secondary N) is 1. The second kappa shape index (κ2) is 6.11. The third-order valence-electron chi connectivity index (χ3n) is 4.07. The van der Waals surface area contributed by atoms with E-state index in [9.17, 15) is 4.79 Å².